The predicted molar refractivity (Wildman–Crippen MR) is 76.1 cm³/mol. The van der Waals surface area contributed by atoms with Crippen molar-refractivity contribution in [1.82, 2.24) is 0 Å². The van der Waals surface area contributed by atoms with Crippen LogP contribution in [-0.2, 0) is 4.74 Å². The lowest BCUT2D eigenvalue weighted by molar-refractivity contribution is -0.0852. The number of para-hydroxylation sites is 1. The van der Waals surface area contributed by atoms with E-state index in [9.17, 15) is 0 Å². The highest BCUT2D eigenvalue weighted by molar-refractivity contribution is 5.81. The first kappa shape index (κ1) is 12.7. The number of benzene rings is 1. The summed E-state index contributed by atoms with van der Waals surface area (Å²) in [6, 6.07) is 8.00. The fourth-order valence-corrected chi connectivity index (χ4v) is 2.88. The number of ether oxygens (including phenoxy) is 1. The van der Waals surface area contributed by atoms with E-state index in [1.165, 1.54) is 6.42 Å². The molecule has 2 heterocycles. The first-order chi connectivity index (χ1) is 9.10. The number of rotatable bonds is 2. The van der Waals surface area contributed by atoms with Gasteiger partial charge in [-0.15, -0.1) is 0 Å². The van der Waals surface area contributed by atoms with E-state index in [0.29, 0.717) is 0 Å². The summed E-state index contributed by atoms with van der Waals surface area (Å²) in [6.45, 7) is 4.94. The summed E-state index contributed by atoms with van der Waals surface area (Å²) in [4.78, 5) is 0. The molecule has 1 saturated heterocycles. The number of fused-ring (bicyclic) bond motifs is 1. The van der Waals surface area contributed by atoms with Gasteiger partial charge < -0.3 is 14.9 Å². The molecule has 2 N–H and O–H groups in total. The van der Waals surface area contributed by atoms with Gasteiger partial charge in [0.15, 0.2) is 0 Å². The van der Waals surface area contributed by atoms with Crippen molar-refractivity contribution in [1.29, 1.82) is 0 Å². The van der Waals surface area contributed by atoms with Crippen LogP contribution in [0.4, 0.5) is 0 Å². The highest BCUT2D eigenvalue weighted by Crippen LogP contribution is 2.37. The summed E-state index contributed by atoms with van der Waals surface area (Å²) in [5.74, 6) is 0.828. The minimum Gasteiger partial charge on any atom is -0.459 e. The van der Waals surface area contributed by atoms with Crippen molar-refractivity contribution in [3.63, 3.8) is 0 Å². The second kappa shape index (κ2) is 4.66. The topological polar surface area (TPSA) is 48.4 Å². The summed E-state index contributed by atoms with van der Waals surface area (Å²) < 4.78 is 11.9. The van der Waals surface area contributed by atoms with Crippen molar-refractivity contribution in [3.8, 4) is 0 Å². The zero-order valence-electron chi connectivity index (χ0n) is 11.6. The summed E-state index contributed by atoms with van der Waals surface area (Å²) in [6.07, 6.45) is 3.29. The smallest absolute Gasteiger partial charge is 0.137 e. The molecule has 3 rings (SSSR count). The van der Waals surface area contributed by atoms with E-state index < -0.39 is 0 Å². The van der Waals surface area contributed by atoms with E-state index in [4.69, 9.17) is 14.9 Å². The summed E-state index contributed by atoms with van der Waals surface area (Å²) >= 11 is 0. The van der Waals surface area contributed by atoms with Crippen molar-refractivity contribution in [2.75, 3.05) is 6.61 Å². The van der Waals surface area contributed by atoms with E-state index in [2.05, 4.69) is 32.0 Å². The molecule has 3 nitrogen and oxygen atoms in total. The third kappa shape index (κ3) is 2.17. The van der Waals surface area contributed by atoms with Gasteiger partial charge in [0.25, 0.3) is 0 Å². The van der Waals surface area contributed by atoms with Crippen molar-refractivity contribution in [2.24, 2.45) is 5.73 Å². The van der Waals surface area contributed by atoms with E-state index in [1.807, 2.05) is 6.07 Å². The van der Waals surface area contributed by atoms with Gasteiger partial charge in [-0.2, -0.15) is 0 Å². The molecule has 0 radical (unpaired) electrons. The zero-order chi connectivity index (χ0) is 13.5. The molecule has 0 spiro atoms. The van der Waals surface area contributed by atoms with E-state index in [-0.39, 0.29) is 11.6 Å². The normalized spacial score (nSPS) is 25.6. The molecule has 2 aromatic rings. The molecule has 0 saturated carbocycles. The summed E-state index contributed by atoms with van der Waals surface area (Å²) in [7, 11) is 0. The lowest BCUT2D eigenvalue weighted by Gasteiger charge is -2.37. The van der Waals surface area contributed by atoms with Gasteiger partial charge in [-0.05, 0) is 44.7 Å². The fraction of sp³-hybridized carbons (Fsp3) is 0.500. The van der Waals surface area contributed by atoms with Gasteiger partial charge in [-0.3, -0.25) is 0 Å². The van der Waals surface area contributed by atoms with Crippen LogP contribution in [0.15, 0.2) is 28.7 Å². The fourth-order valence-electron chi connectivity index (χ4n) is 2.88. The molecule has 2 atom stereocenters. The average molecular weight is 259 g/mol. The Morgan fingerprint density at radius 3 is 2.84 bits per heavy atom. The monoisotopic (exact) mass is 259 g/mol. The second-order valence-electron chi connectivity index (χ2n) is 5.74. The minimum absolute atomic E-state index is 0.209. The molecule has 3 heteroatoms. The molecule has 2 unspecified atom stereocenters. The molecule has 0 amide bonds. The van der Waals surface area contributed by atoms with Gasteiger partial charge in [0.1, 0.15) is 11.3 Å². The maximum atomic E-state index is 6.40. The number of aryl methyl sites for hydroxylation is 1. The first-order valence-electron chi connectivity index (χ1n) is 6.99. The highest BCUT2D eigenvalue weighted by atomic mass is 16.5. The quantitative estimate of drug-likeness (QED) is 0.894. The van der Waals surface area contributed by atoms with Crippen LogP contribution < -0.4 is 5.73 Å². The Labute approximate surface area is 113 Å². The summed E-state index contributed by atoms with van der Waals surface area (Å²) in [5.41, 5.74) is 8.18. The average Bonchev–Trinajstić information content (AvgIpc) is 2.84. The first-order valence-corrected chi connectivity index (χ1v) is 6.99. The van der Waals surface area contributed by atoms with E-state index in [1.54, 1.807) is 0 Å². The van der Waals surface area contributed by atoms with Crippen LogP contribution in [0.2, 0.25) is 0 Å². The Morgan fingerprint density at radius 2 is 2.16 bits per heavy atom. The zero-order valence-corrected chi connectivity index (χ0v) is 11.6. The van der Waals surface area contributed by atoms with Crippen LogP contribution in [0.3, 0.4) is 0 Å². The van der Waals surface area contributed by atoms with Crippen LogP contribution in [0.1, 0.15) is 43.6 Å². The van der Waals surface area contributed by atoms with Gasteiger partial charge in [0.2, 0.25) is 0 Å². The standard InChI is InChI=1S/C16H21NO2/c1-11-6-5-7-12-10-13(19-14(11)12)15(17)16(2)8-3-4-9-18-16/h5-7,10,15H,3-4,8-9,17H2,1-2H3. The molecule has 1 fully saturated rings. The Morgan fingerprint density at radius 1 is 1.32 bits per heavy atom. The molecule has 1 aromatic heterocycles. The molecule has 0 bridgehead atoms. The van der Waals surface area contributed by atoms with Gasteiger partial charge in [-0.25, -0.2) is 0 Å². The van der Waals surface area contributed by atoms with Gasteiger partial charge in [-0.1, -0.05) is 18.2 Å². The van der Waals surface area contributed by atoms with Crippen molar-refractivity contribution >= 4 is 11.0 Å². The highest BCUT2D eigenvalue weighted by Gasteiger charge is 2.37. The number of hydrogen-bond acceptors (Lipinski definition) is 3. The molecule has 19 heavy (non-hydrogen) atoms. The third-order valence-electron chi connectivity index (χ3n) is 4.22. The Bertz CT molecular complexity index is 581. The van der Waals surface area contributed by atoms with Crippen molar-refractivity contribution in [3.05, 3.63) is 35.6 Å². The number of nitrogens with two attached hydrogens (primary N) is 1. The van der Waals surface area contributed by atoms with Gasteiger partial charge >= 0.3 is 0 Å². The number of hydrogen-bond donors (Lipinski definition) is 1. The molecule has 1 aromatic carbocycles. The van der Waals surface area contributed by atoms with Gasteiger partial charge in [0.05, 0.1) is 11.6 Å². The maximum Gasteiger partial charge on any atom is 0.137 e. The van der Waals surface area contributed by atoms with Crippen LogP contribution >= 0.6 is 0 Å². The summed E-state index contributed by atoms with van der Waals surface area (Å²) in [5, 5.41) is 1.12. The van der Waals surface area contributed by atoms with Crippen LogP contribution in [0.25, 0.3) is 11.0 Å². The second-order valence-corrected chi connectivity index (χ2v) is 5.74. The third-order valence-corrected chi connectivity index (χ3v) is 4.22. The van der Waals surface area contributed by atoms with E-state index >= 15 is 0 Å². The Hall–Kier alpha value is -1.32. The molecular formula is C16H21NO2. The largest absolute Gasteiger partial charge is 0.459 e. The minimum atomic E-state index is -0.306. The molecule has 0 aliphatic carbocycles. The lowest BCUT2D eigenvalue weighted by Crippen LogP contribution is -2.43. The Balaban J connectivity index is 1.97. The maximum absolute atomic E-state index is 6.40. The molecular weight excluding hydrogens is 238 g/mol. The lowest BCUT2D eigenvalue weighted by atomic mass is 9.87. The van der Waals surface area contributed by atoms with Crippen molar-refractivity contribution in [2.45, 2.75) is 44.8 Å². The Kier molecular flexibility index (Phi) is 3.11. The number of furan rings is 1. The molecule has 102 valence electrons. The van der Waals surface area contributed by atoms with Crippen LogP contribution in [0.5, 0.6) is 0 Å². The van der Waals surface area contributed by atoms with Crippen LogP contribution in [0, 0.1) is 6.92 Å². The predicted octanol–water partition coefficient (Wildman–Crippen LogP) is 3.70. The molecule has 1 aliphatic heterocycles. The van der Waals surface area contributed by atoms with Gasteiger partial charge in [0, 0.05) is 12.0 Å². The molecule has 1 aliphatic rings. The SMILES string of the molecule is Cc1cccc2cc(C(N)C3(C)CCCCO3)oc12. The van der Waals surface area contributed by atoms with Crippen LogP contribution in [-0.4, -0.2) is 12.2 Å². The van der Waals surface area contributed by atoms with Crippen molar-refractivity contribution < 1.29 is 9.15 Å². The van der Waals surface area contributed by atoms with E-state index in [0.717, 1.165) is 41.7 Å².